The third-order valence-corrected chi connectivity index (χ3v) is 6.82. The van der Waals surface area contributed by atoms with Gasteiger partial charge in [-0.25, -0.2) is 22.0 Å². The maximum absolute atomic E-state index is 13.8. The number of carbonyl (C=O) groups excluding carboxylic acids is 2. The summed E-state index contributed by atoms with van der Waals surface area (Å²) in [5.74, 6) is -1.78. The van der Waals surface area contributed by atoms with Crippen LogP contribution in [-0.4, -0.2) is 44.2 Å². The fourth-order valence-electron chi connectivity index (χ4n) is 3.61. The number of urea groups is 1. The predicted octanol–water partition coefficient (Wildman–Crippen LogP) is 1.97. The lowest BCUT2D eigenvalue weighted by Gasteiger charge is -2.33. The van der Waals surface area contributed by atoms with E-state index in [0.717, 1.165) is 23.1 Å². The van der Waals surface area contributed by atoms with E-state index in [4.69, 9.17) is 4.74 Å². The lowest BCUT2D eigenvalue weighted by molar-refractivity contribution is -0.132. The molecule has 2 aromatic carbocycles. The summed E-state index contributed by atoms with van der Waals surface area (Å²) < 4.78 is 56.9. The van der Waals surface area contributed by atoms with E-state index in [1.165, 1.54) is 24.3 Å². The van der Waals surface area contributed by atoms with Gasteiger partial charge in [-0.1, -0.05) is 0 Å². The van der Waals surface area contributed by atoms with Gasteiger partial charge in [-0.15, -0.1) is 0 Å². The molecule has 152 valence electrons. The van der Waals surface area contributed by atoms with Crippen LogP contribution >= 0.6 is 0 Å². The molecule has 2 heterocycles. The van der Waals surface area contributed by atoms with Gasteiger partial charge in [-0.3, -0.25) is 9.69 Å². The van der Waals surface area contributed by atoms with Crippen molar-refractivity contribution in [1.82, 2.24) is 10.2 Å². The minimum atomic E-state index is -3.68. The van der Waals surface area contributed by atoms with Crippen LogP contribution in [0, 0.1) is 11.6 Å². The molecule has 0 aliphatic carbocycles. The molecule has 3 amide bonds. The van der Waals surface area contributed by atoms with Gasteiger partial charge in [-0.05, 0) is 48.9 Å². The zero-order valence-electron chi connectivity index (χ0n) is 15.0. The number of imide groups is 1. The van der Waals surface area contributed by atoms with Crippen LogP contribution in [0.1, 0.15) is 12.0 Å². The number of nitrogens with one attached hydrogen (secondary N) is 1. The number of hydrogen-bond donors (Lipinski definition) is 1. The molecule has 1 saturated heterocycles. The first-order valence-electron chi connectivity index (χ1n) is 8.78. The fourth-order valence-corrected chi connectivity index (χ4v) is 5.24. The maximum Gasteiger partial charge on any atom is 0.325 e. The van der Waals surface area contributed by atoms with Crippen molar-refractivity contribution in [3.63, 3.8) is 0 Å². The van der Waals surface area contributed by atoms with Crippen LogP contribution in [0.25, 0.3) is 0 Å². The highest BCUT2D eigenvalue weighted by Crippen LogP contribution is 2.41. The first-order valence-corrected chi connectivity index (χ1v) is 10.4. The average molecular weight is 422 g/mol. The quantitative estimate of drug-likeness (QED) is 0.601. The largest absolute Gasteiger partial charge is 0.492 e. The molecule has 0 saturated carbocycles. The van der Waals surface area contributed by atoms with Crippen molar-refractivity contribution in [2.45, 2.75) is 16.9 Å². The maximum atomic E-state index is 13.8. The molecule has 1 atom stereocenters. The van der Waals surface area contributed by atoms with Crippen LogP contribution in [0.4, 0.5) is 13.6 Å². The van der Waals surface area contributed by atoms with Crippen LogP contribution in [-0.2, 0) is 20.2 Å². The van der Waals surface area contributed by atoms with E-state index in [1.807, 2.05) is 0 Å². The molecule has 2 aliphatic heterocycles. The molecule has 10 heteroatoms. The smallest absolute Gasteiger partial charge is 0.325 e. The van der Waals surface area contributed by atoms with Crippen molar-refractivity contribution in [1.29, 1.82) is 0 Å². The van der Waals surface area contributed by atoms with E-state index in [0.29, 0.717) is 5.75 Å². The van der Waals surface area contributed by atoms with Crippen LogP contribution in [0.2, 0.25) is 0 Å². The van der Waals surface area contributed by atoms with Gasteiger partial charge in [0.1, 0.15) is 29.5 Å². The second kappa shape index (κ2) is 6.80. The van der Waals surface area contributed by atoms with E-state index in [2.05, 4.69) is 5.32 Å². The molecule has 0 bridgehead atoms. The lowest BCUT2D eigenvalue weighted by atomic mass is 9.86. The van der Waals surface area contributed by atoms with Crippen LogP contribution in [0.15, 0.2) is 47.4 Å². The minimum absolute atomic E-state index is 0.0464. The summed E-state index contributed by atoms with van der Waals surface area (Å²) in [6.45, 7) is -0.156. The Balaban J connectivity index is 1.58. The lowest BCUT2D eigenvalue weighted by Crippen LogP contribution is -2.49. The molecule has 1 unspecified atom stereocenters. The normalized spacial score (nSPS) is 22.5. The zero-order chi connectivity index (χ0) is 20.8. The number of benzene rings is 2. The number of halogens is 2. The van der Waals surface area contributed by atoms with Crippen molar-refractivity contribution in [2.24, 2.45) is 0 Å². The van der Waals surface area contributed by atoms with Crippen LogP contribution < -0.4 is 10.1 Å². The van der Waals surface area contributed by atoms with Gasteiger partial charge in [0.05, 0.1) is 17.2 Å². The Morgan fingerprint density at radius 1 is 1.07 bits per heavy atom. The van der Waals surface area contributed by atoms with Gasteiger partial charge in [0.15, 0.2) is 9.84 Å². The number of fused-ring (bicyclic) bond motifs is 2. The SMILES string of the molecule is O=C1NC2(CCS(=O)(=O)c3ccc(F)cc32)C(=O)N1CCOc1ccc(F)cc1. The molecule has 4 rings (SSSR count). The Bertz CT molecular complexity index is 1100. The van der Waals surface area contributed by atoms with Crippen LogP contribution in [0.5, 0.6) is 5.75 Å². The number of amides is 3. The molecule has 7 nitrogen and oxygen atoms in total. The average Bonchev–Trinajstić information content (AvgIpc) is 2.92. The Morgan fingerprint density at radius 3 is 2.48 bits per heavy atom. The summed E-state index contributed by atoms with van der Waals surface area (Å²) in [5.41, 5.74) is -1.69. The fraction of sp³-hybridized carbons (Fsp3) is 0.263. The topological polar surface area (TPSA) is 92.8 Å². The molecule has 1 N–H and O–H groups in total. The monoisotopic (exact) mass is 422 g/mol. The zero-order valence-corrected chi connectivity index (χ0v) is 15.8. The second-order valence-corrected chi connectivity index (χ2v) is 8.88. The summed E-state index contributed by atoms with van der Waals surface area (Å²) >= 11 is 0. The third-order valence-electron chi connectivity index (χ3n) is 5.06. The number of carbonyl (C=O) groups is 2. The standard InChI is InChI=1S/C19H16F2N2O5S/c20-12-1-4-14(5-2-12)28-9-8-23-17(24)19(22-18(23)25)7-10-29(26,27)16-6-3-13(21)11-15(16)19/h1-6,11H,7-10H2,(H,22,25). The highest BCUT2D eigenvalue weighted by Gasteiger charge is 2.56. The summed E-state index contributed by atoms with van der Waals surface area (Å²) in [6.07, 6.45) is -0.189. The molecule has 0 radical (unpaired) electrons. The van der Waals surface area contributed by atoms with E-state index in [9.17, 15) is 26.8 Å². The summed E-state index contributed by atoms with van der Waals surface area (Å²) in [4.78, 5) is 26.3. The molecular weight excluding hydrogens is 406 g/mol. The predicted molar refractivity (Wildman–Crippen MR) is 96.9 cm³/mol. The van der Waals surface area contributed by atoms with Crippen molar-refractivity contribution >= 4 is 21.8 Å². The van der Waals surface area contributed by atoms with E-state index in [-0.39, 0.29) is 35.8 Å². The molecule has 0 aromatic heterocycles. The van der Waals surface area contributed by atoms with Gasteiger partial charge in [0.25, 0.3) is 5.91 Å². The molecule has 1 fully saturated rings. The van der Waals surface area contributed by atoms with Crippen molar-refractivity contribution in [3.8, 4) is 5.75 Å². The van der Waals surface area contributed by atoms with Crippen molar-refractivity contribution < 1.29 is 31.5 Å². The summed E-state index contributed by atoms with van der Waals surface area (Å²) in [7, 11) is -3.68. The Kier molecular flexibility index (Phi) is 4.53. The van der Waals surface area contributed by atoms with Gasteiger partial charge in [-0.2, -0.15) is 0 Å². The van der Waals surface area contributed by atoms with Crippen LogP contribution in [0.3, 0.4) is 0 Å². The second-order valence-electron chi connectivity index (χ2n) is 6.80. The molecule has 29 heavy (non-hydrogen) atoms. The molecular formula is C19H16F2N2O5S. The van der Waals surface area contributed by atoms with E-state index >= 15 is 0 Å². The molecule has 1 spiro atoms. The van der Waals surface area contributed by atoms with Crippen molar-refractivity contribution in [3.05, 3.63) is 59.7 Å². The summed E-state index contributed by atoms with van der Waals surface area (Å²) in [6, 6.07) is 7.63. The Morgan fingerprint density at radius 2 is 1.76 bits per heavy atom. The Hall–Kier alpha value is -3.01. The first kappa shape index (κ1) is 19.3. The van der Waals surface area contributed by atoms with Gasteiger partial charge in [0.2, 0.25) is 0 Å². The number of sulfone groups is 1. The number of ether oxygens (including phenoxy) is 1. The van der Waals surface area contributed by atoms with Gasteiger partial charge < -0.3 is 10.1 Å². The number of rotatable bonds is 4. The van der Waals surface area contributed by atoms with Gasteiger partial charge in [0, 0.05) is 5.56 Å². The van der Waals surface area contributed by atoms with E-state index < -0.39 is 38.9 Å². The van der Waals surface area contributed by atoms with Crippen molar-refractivity contribution in [2.75, 3.05) is 18.9 Å². The Labute approximate surface area is 165 Å². The van der Waals surface area contributed by atoms with Gasteiger partial charge >= 0.3 is 6.03 Å². The molecule has 2 aliphatic rings. The van der Waals surface area contributed by atoms with E-state index in [1.54, 1.807) is 0 Å². The highest BCUT2D eigenvalue weighted by atomic mass is 32.2. The molecule has 2 aromatic rings. The number of hydrogen-bond acceptors (Lipinski definition) is 5. The first-order chi connectivity index (χ1) is 13.7. The summed E-state index contributed by atoms with van der Waals surface area (Å²) in [5, 5.41) is 2.55. The third kappa shape index (κ3) is 3.23. The highest BCUT2D eigenvalue weighted by molar-refractivity contribution is 7.91. The number of nitrogens with zero attached hydrogens (tertiary/aromatic N) is 1. The minimum Gasteiger partial charge on any atom is -0.492 e.